The van der Waals surface area contributed by atoms with E-state index in [0.717, 1.165) is 28.1 Å². The summed E-state index contributed by atoms with van der Waals surface area (Å²) in [4.78, 5) is 4.36. The fraction of sp³-hybridized carbons (Fsp3) is 0.148. The van der Waals surface area contributed by atoms with E-state index in [1.54, 1.807) is 19.2 Å². The lowest BCUT2D eigenvalue weighted by molar-refractivity contribution is 0.199. The number of nitrogens with zero attached hydrogens (tertiary/aromatic N) is 1. The van der Waals surface area contributed by atoms with Crippen LogP contribution in [0.2, 0.25) is 0 Å². The topological polar surface area (TPSA) is 75.6 Å². The highest BCUT2D eigenvalue weighted by atomic mass is 19.1. The second-order valence-corrected chi connectivity index (χ2v) is 7.72. The summed E-state index contributed by atoms with van der Waals surface area (Å²) in [5.74, 6) is 0.747. The molecule has 4 aromatic rings. The number of ether oxygens (including phenoxy) is 2. The van der Waals surface area contributed by atoms with Crippen LogP contribution >= 0.6 is 0 Å². The molecule has 0 bridgehead atoms. The van der Waals surface area contributed by atoms with Crippen molar-refractivity contribution < 1.29 is 19.0 Å². The van der Waals surface area contributed by atoms with Gasteiger partial charge in [0.15, 0.2) is 11.6 Å². The molecule has 3 aromatic carbocycles. The Balaban J connectivity index is 1.63. The third kappa shape index (κ3) is 5.10. The van der Waals surface area contributed by atoms with Crippen LogP contribution in [0.5, 0.6) is 11.5 Å². The van der Waals surface area contributed by atoms with Crippen LogP contribution in [-0.2, 0) is 0 Å². The molecule has 1 atom stereocenters. The lowest BCUT2D eigenvalue weighted by Gasteiger charge is -2.16. The minimum absolute atomic E-state index is 0.0969. The van der Waals surface area contributed by atoms with Crippen LogP contribution in [0.4, 0.5) is 27.3 Å². The van der Waals surface area contributed by atoms with Gasteiger partial charge >= 0.3 is 0 Å². The molecule has 0 saturated heterocycles. The molecule has 6 nitrogen and oxygen atoms in total. The summed E-state index contributed by atoms with van der Waals surface area (Å²) in [6, 6.07) is 22.3. The number of aliphatic hydroxyl groups excluding tert-OH is 1. The maximum Gasteiger partial charge on any atom is 0.188 e. The Bertz CT molecular complexity index is 1280. The van der Waals surface area contributed by atoms with Gasteiger partial charge in [-0.3, -0.25) is 0 Å². The van der Waals surface area contributed by atoms with Crippen molar-refractivity contribution in [1.29, 1.82) is 0 Å². The van der Waals surface area contributed by atoms with Gasteiger partial charge in [0.25, 0.3) is 0 Å². The molecule has 4 rings (SSSR count). The Kier molecular flexibility index (Phi) is 6.94. The van der Waals surface area contributed by atoms with Crippen molar-refractivity contribution in [2.75, 3.05) is 24.9 Å². The number of pyridine rings is 1. The largest absolute Gasteiger partial charge is 0.497 e. The van der Waals surface area contributed by atoms with Gasteiger partial charge in [0.05, 0.1) is 26.0 Å². The number of rotatable bonds is 8. The number of para-hydroxylation sites is 1. The Morgan fingerprint density at radius 1 is 0.882 bits per heavy atom. The van der Waals surface area contributed by atoms with Crippen molar-refractivity contribution in [3.8, 4) is 22.6 Å². The molecular weight excluding hydrogens is 433 g/mol. The van der Waals surface area contributed by atoms with E-state index in [0.29, 0.717) is 11.6 Å². The van der Waals surface area contributed by atoms with Gasteiger partial charge in [0.1, 0.15) is 11.6 Å². The molecule has 0 aliphatic carbocycles. The minimum atomic E-state index is -0.566. The van der Waals surface area contributed by atoms with Crippen molar-refractivity contribution in [3.05, 3.63) is 90.4 Å². The van der Waals surface area contributed by atoms with Crippen LogP contribution in [0, 0.1) is 5.82 Å². The molecule has 34 heavy (non-hydrogen) atoms. The number of hydrogen-bond donors (Lipinski definition) is 3. The summed E-state index contributed by atoms with van der Waals surface area (Å²) in [5, 5.41) is 16.1. The summed E-state index contributed by atoms with van der Waals surface area (Å²) >= 11 is 0. The van der Waals surface area contributed by atoms with Crippen LogP contribution < -0.4 is 20.1 Å². The first-order chi connectivity index (χ1) is 16.5. The number of hydrogen-bond acceptors (Lipinski definition) is 6. The lowest BCUT2D eigenvalue weighted by atomic mass is 10.0. The van der Waals surface area contributed by atoms with Gasteiger partial charge in [0, 0.05) is 35.3 Å². The second-order valence-electron chi connectivity index (χ2n) is 7.72. The van der Waals surface area contributed by atoms with Crippen LogP contribution in [-0.4, -0.2) is 24.3 Å². The molecule has 0 spiro atoms. The van der Waals surface area contributed by atoms with Crippen molar-refractivity contribution in [2.24, 2.45) is 0 Å². The van der Waals surface area contributed by atoms with Crippen molar-refractivity contribution in [2.45, 2.75) is 13.0 Å². The third-order valence-corrected chi connectivity index (χ3v) is 5.38. The quantitative estimate of drug-likeness (QED) is 0.281. The molecule has 7 heteroatoms. The molecule has 0 fully saturated rings. The van der Waals surface area contributed by atoms with E-state index >= 15 is 0 Å². The van der Waals surface area contributed by atoms with Crippen molar-refractivity contribution in [1.82, 2.24) is 4.98 Å². The van der Waals surface area contributed by atoms with E-state index in [9.17, 15) is 9.50 Å². The Labute approximate surface area is 198 Å². The highest BCUT2D eigenvalue weighted by molar-refractivity contribution is 5.83. The molecule has 1 heterocycles. The van der Waals surface area contributed by atoms with Crippen LogP contribution in [0.1, 0.15) is 18.6 Å². The lowest BCUT2D eigenvalue weighted by Crippen LogP contribution is -2.00. The first kappa shape index (κ1) is 23.1. The highest BCUT2D eigenvalue weighted by Crippen LogP contribution is 2.36. The fourth-order valence-corrected chi connectivity index (χ4v) is 3.56. The Morgan fingerprint density at radius 2 is 1.71 bits per heavy atom. The van der Waals surface area contributed by atoms with Gasteiger partial charge in [-0.2, -0.15) is 0 Å². The standard InChI is InChI=1S/C27H26FN3O3/c1-17(32)19-11-12-26(29-16-19)30-20-8-6-7-18(13-20)22-9-4-5-10-23(22)31-24-14-21(33-2)15-25(34-3)27(24)28/h4-17,31-32H,1-3H3,(H,29,30). The second kappa shape index (κ2) is 10.2. The van der Waals surface area contributed by atoms with Gasteiger partial charge in [-0.1, -0.05) is 36.4 Å². The van der Waals surface area contributed by atoms with Gasteiger partial charge in [-0.05, 0) is 42.3 Å². The number of aliphatic hydroxyl groups is 1. The summed E-state index contributed by atoms with van der Waals surface area (Å²) in [6.45, 7) is 1.70. The number of anilines is 4. The van der Waals surface area contributed by atoms with Gasteiger partial charge in [-0.25, -0.2) is 9.37 Å². The molecule has 3 N–H and O–H groups in total. The predicted octanol–water partition coefficient (Wildman–Crippen LogP) is 6.45. The summed E-state index contributed by atoms with van der Waals surface area (Å²) in [5.41, 5.74) is 4.40. The first-order valence-corrected chi connectivity index (χ1v) is 10.8. The van der Waals surface area contributed by atoms with E-state index in [1.807, 2.05) is 60.7 Å². The van der Waals surface area contributed by atoms with E-state index in [-0.39, 0.29) is 11.4 Å². The van der Waals surface area contributed by atoms with Gasteiger partial charge in [0.2, 0.25) is 0 Å². The number of nitrogens with one attached hydrogen (secondary N) is 2. The zero-order valence-electron chi connectivity index (χ0n) is 19.2. The van der Waals surface area contributed by atoms with Gasteiger partial charge in [-0.15, -0.1) is 0 Å². The molecular formula is C27H26FN3O3. The average Bonchev–Trinajstić information content (AvgIpc) is 2.86. The molecule has 0 amide bonds. The third-order valence-electron chi connectivity index (χ3n) is 5.38. The van der Waals surface area contributed by atoms with Crippen molar-refractivity contribution >= 4 is 22.9 Å². The Hall–Kier alpha value is -4.10. The zero-order chi connectivity index (χ0) is 24.1. The molecule has 174 valence electrons. The SMILES string of the molecule is COc1cc(Nc2ccccc2-c2cccc(Nc3ccc(C(C)O)cn3)c2)c(F)c(OC)c1. The zero-order valence-corrected chi connectivity index (χ0v) is 19.2. The smallest absolute Gasteiger partial charge is 0.188 e. The Morgan fingerprint density at radius 3 is 2.41 bits per heavy atom. The number of halogens is 1. The number of methoxy groups -OCH3 is 2. The number of benzene rings is 3. The van der Waals surface area contributed by atoms with Crippen LogP contribution in [0.25, 0.3) is 11.1 Å². The maximum atomic E-state index is 14.9. The van der Waals surface area contributed by atoms with E-state index in [4.69, 9.17) is 9.47 Å². The number of aromatic nitrogens is 1. The fourth-order valence-electron chi connectivity index (χ4n) is 3.56. The monoisotopic (exact) mass is 459 g/mol. The summed E-state index contributed by atoms with van der Waals surface area (Å²) in [6.07, 6.45) is 1.08. The maximum absolute atomic E-state index is 14.9. The molecule has 0 radical (unpaired) electrons. The summed E-state index contributed by atoms with van der Waals surface area (Å²) in [7, 11) is 2.94. The molecule has 1 unspecified atom stereocenters. The molecule has 0 aliphatic rings. The molecule has 0 saturated carbocycles. The van der Waals surface area contributed by atoms with E-state index < -0.39 is 11.9 Å². The molecule has 0 aliphatic heterocycles. The van der Waals surface area contributed by atoms with Crippen LogP contribution in [0.3, 0.4) is 0 Å². The summed E-state index contributed by atoms with van der Waals surface area (Å²) < 4.78 is 25.4. The van der Waals surface area contributed by atoms with E-state index in [1.165, 1.54) is 20.3 Å². The minimum Gasteiger partial charge on any atom is -0.497 e. The normalized spacial score (nSPS) is 11.6. The van der Waals surface area contributed by atoms with Gasteiger partial charge < -0.3 is 25.2 Å². The highest BCUT2D eigenvalue weighted by Gasteiger charge is 2.14. The molecule has 1 aromatic heterocycles. The van der Waals surface area contributed by atoms with Crippen LogP contribution in [0.15, 0.2) is 79.0 Å². The van der Waals surface area contributed by atoms with E-state index in [2.05, 4.69) is 15.6 Å². The predicted molar refractivity (Wildman–Crippen MR) is 133 cm³/mol. The van der Waals surface area contributed by atoms with Crippen molar-refractivity contribution in [3.63, 3.8) is 0 Å². The average molecular weight is 460 g/mol. The first-order valence-electron chi connectivity index (χ1n) is 10.8.